The van der Waals surface area contributed by atoms with E-state index >= 15 is 0 Å². The maximum absolute atomic E-state index is 11.6. The lowest BCUT2D eigenvalue weighted by molar-refractivity contribution is -0.121. The summed E-state index contributed by atoms with van der Waals surface area (Å²) in [6, 6.07) is 7.77. The number of ketones is 2. The second kappa shape index (κ2) is 9.48. The first-order valence-electron chi connectivity index (χ1n) is 7.15. The highest BCUT2D eigenvalue weighted by molar-refractivity contribution is 5.83. The van der Waals surface area contributed by atoms with Crippen molar-refractivity contribution in [2.75, 3.05) is 0 Å². The van der Waals surface area contributed by atoms with Crippen LogP contribution in [0.4, 0.5) is 0 Å². The molecule has 0 unspecified atom stereocenters. The molecule has 1 aromatic carbocycles. The topological polar surface area (TPSA) is 34.1 Å². The number of Topliss-reactive ketones (excluding diaryl/α,β-unsaturated/α-hetero) is 2. The van der Waals surface area contributed by atoms with Gasteiger partial charge in [-0.15, -0.1) is 0 Å². The van der Waals surface area contributed by atoms with Crippen molar-refractivity contribution in [3.05, 3.63) is 35.4 Å². The highest BCUT2D eigenvalue weighted by Crippen LogP contribution is 2.10. The Morgan fingerprint density at radius 2 is 1.58 bits per heavy atom. The van der Waals surface area contributed by atoms with Gasteiger partial charge in [0.05, 0.1) is 0 Å². The quantitative estimate of drug-likeness (QED) is 0.776. The van der Waals surface area contributed by atoms with Crippen LogP contribution in [-0.2, 0) is 22.4 Å². The van der Waals surface area contributed by atoms with Gasteiger partial charge in [-0.1, -0.05) is 58.9 Å². The van der Waals surface area contributed by atoms with Crippen molar-refractivity contribution >= 4 is 11.6 Å². The molecule has 2 nitrogen and oxygen atoms in total. The summed E-state index contributed by atoms with van der Waals surface area (Å²) in [5, 5.41) is 0. The Morgan fingerprint density at radius 3 is 2.05 bits per heavy atom. The van der Waals surface area contributed by atoms with Crippen molar-refractivity contribution in [2.45, 2.75) is 53.9 Å². The van der Waals surface area contributed by atoms with Gasteiger partial charge in [-0.25, -0.2) is 0 Å². The van der Waals surface area contributed by atoms with Crippen LogP contribution in [0.25, 0.3) is 0 Å². The smallest absolute Gasteiger partial charge is 0.139 e. The number of benzene rings is 1. The van der Waals surface area contributed by atoms with Crippen LogP contribution in [0.15, 0.2) is 24.3 Å². The molecule has 19 heavy (non-hydrogen) atoms. The molecule has 0 bridgehead atoms. The molecule has 0 N–H and O–H groups in total. The lowest BCUT2D eigenvalue weighted by atomic mass is 9.98. The first kappa shape index (κ1) is 17.6. The van der Waals surface area contributed by atoms with E-state index in [9.17, 15) is 9.59 Å². The number of hydrogen-bond donors (Lipinski definition) is 0. The average molecular weight is 262 g/mol. The van der Waals surface area contributed by atoms with E-state index in [0.717, 1.165) is 11.1 Å². The van der Waals surface area contributed by atoms with Gasteiger partial charge in [-0.05, 0) is 11.1 Å². The third-order valence-electron chi connectivity index (χ3n) is 2.81. The van der Waals surface area contributed by atoms with Crippen molar-refractivity contribution < 1.29 is 9.59 Å². The van der Waals surface area contributed by atoms with E-state index in [0.29, 0.717) is 19.3 Å². The summed E-state index contributed by atoms with van der Waals surface area (Å²) in [6.07, 6.45) is 1.50. The van der Waals surface area contributed by atoms with Crippen LogP contribution in [0, 0.1) is 5.92 Å². The minimum atomic E-state index is 0.0657. The Hall–Kier alpha value is -1.44. The van der Waals surface area contributed by atoms with Crippen LogP contribution in [0.1, 0.15) is 52.2 Å². The molecule has 0 spiro atoms. The zero-order valence-electron chi connectivity index (χ0n) is 12.8. The van der Waals surface area contributed by atoms with Gasteiger partial charge in [-0.3, -0.25) is 9.59 Å². The number of hydrogen-bond acceptors (Lipinski definition) is 2. The largest absolute Gasteiger partial charge is 0.299 e. The Labute approximate surface area is 117 Å². The molecule has 0 heterocycles. The molecule has 0 saturated carbocycles. The Kier molecular flexibility index (Phi) is 8.77. The Bertz CT molecular complexity index is 405. The van der Waals surface area contributed by atoms with E-state index in [4.69, 9.17) is 0 Å². The van der Waals surface area contributed by atoms with E-state index in [1.54, 1.807) is 0 Å². The van der Waals surface area contributed by atoms with E-state index < -0.39 is 0 Å². The van der Waals surface area contributed by atoms with Crippen LogP contribution in [0.5, 0.6) is 0 Å². The number of carbonyl (C=O) groups is 2. The molecule has 0 aliphatic heterocycles. The molecule has 2 heteroatoms. The zero-order valence-corrected chi connectivity index (χ0v) is 12.8. The van der Waals surface area contributed by atoms with Gasteiger partial charge in [0, 0.05) is 25.2 Å². The fraction of sp³-hybridized carbons (Fsp3) is 0.529. The fourth-order valence-corrected chi connectivity index (χ4v) is 1.61. The third-order valence-corrected chi connectivity index (χ3v) is 2.81. The van der Waals surface area contributed by atoms with Gasteiger partial charge in [0.25, 0.3) is 0 Å². The SMILES string of the molecule is CC.CCC(=O)Cc1cccc(CC(=O)C(C)C)c1. The van der Waals surface area contributed by atoms with Crippen LogP contribution in [-0.4, -0.2) is 11.6 Å². The Balaban J connectivity index is 0.00000154. The normalized spacial score (nSPS) is 9.79. The number of carbonyl (C=O) groups excluding carboxylic acids is 2. The molecular weight excluding hydrogens is 236 g/mol. The van der Waals surface area contributed by atoms with Crippen molar-refractivity contribution in [1.82, 2.24) is 0 Å². The van der Waals surface area contributed by atoms with Gasteiger partial charge in [0.2, 0.25) is 0 Å². The van der Waals surface area contributed by atoms with Crippen molar-refractivity contribution in [3.8, 4) is 0 Å². The summed E-state index contributed by atoms with van der Waals surface area (Å²) in [6.45, 7) is 9.69. The molecule has 0 saturated heterocycles. The van der Waals surface area contributed by atoms with E-state index in [1.807, 2.05) is 58.9 Å². The molecule has 0 aliphatic carbocycles. The van der Waals surface area contributed by atoms with Gasteiger partial charge < -0.3 is 0 Å². The van der Waals surface area contributed by atoms with Crippen molar-refractivity contribution in [3.63, 3.8) is 0 Å². The first-order valence-corrected chi connectivity index (χ1v) is 7.15. The summed E-state index contributed by atoms with van der Waals surface area (Å²) in [5.74, 6) is 0.539. The van der Waals surface area contributed by atoms with Crippen molar-refractivity contribution in [1.29, 1.82) is 0 Å². The maximum atomic E-state index is 11.6. The molecule has 106 valence electrons. The monoisotopic (exact) mass is 262 g/mol. The fourth-order valence-electron chi connectivity index (χ4n) is 1.61. The molecule has 0 amide bonds. The van der Waals surface area contributed by atoms with E-state index in [1.165, 1.54) is 0 Å². The predicted molar refractivity (Wildman–Crippen MR) is 80.3 cm³/mol. The van der Waals surface area contributed by atoms with Gasteiger partial charge in [0.15, 0.2) is 0 Å². The summed E-state index contributed by atoms with van der Waals surface area (Å²) in [5.41, 5.74) is 2.01. The zero-order chi connectivity index (χ0) is 14.8. The minimum absolute atomic E-state index is 0.0657. The second-order valence-corrected chi connectivity index (χ2v) is 4.69. The van der Waals surface area contributed by atoms with Gasteiger partial charge >= 0.3 is 0 Å². The Morgan fingerprint density at radius 1 is 1.05 bits per heavy atom. The summed E-state index contributed by atoms with van der Waals surface area (Å²) >= 11 is 0. The lowest BCUT2D eigenvalue weighted by Crippen LogP contribution is -2.10. The predicted octanol–water partition coefficient (Wildman–Crippen LogP) is 4.00. The average Bonchev–Trinajstić information content (AvgIpc) is 2.41. The third kappa shape index (κ3) is 6.90. The molecule has 0 aromatic heterocycles. The van der Waals surface area contributed by atoms with Gasteiger partial charge in [-0.2, -0.15) is 0 Å². The minimum Gasteiger partial charge on any atom is -0.299 e. The highest BCUT2D eigenvalue weighted by Gasteiger charge is 2.09. The highest BCUT2D eigenvalue weighted by atomic mass is 16.1. The molecule has 0 radical (unpaired) electrons. The lowest BCUT2D eigenvalue weighted by Gasteiger charge is -2.06. The maximum Gasteiger partial charge on any atom is 0.139 e. The van der Waals surface area contributed by atoms with E-state index in [-0.39, 0.29) is 17.5 Å². The van der Waals surface area contributed by atoms with Gasteiger partial charge in [0.1, 0.15) is 11.6 Å². The molecule has 0 aliphatic rings. The summed E-state index contributed by atoms with van der Waals surface area (Å²) < 4.78 is 0. The summed E-state index contributed by atoms with van der Waals surface area (Å²) in [4.78, 5) is 23.0. The molecule has 0 atom stereocenters. The molecule has 1 rings (SSSR count). The van der Waals surface area contributed by atoms with Crippen LogP contribution in [0.3, 0.4) is 0 Å². The second-order valence-electron chi connectivity index (χ2n) is 4.69. The summed E-state index contributed by atoms with van der Waals surface area (Å²) in [7, 11) is 0. The standard InChI is InChI=1S/C15H20O2.C2H6/c1-4-14(16)9-12-6-5-7-13(8-12)10-15(17)11(2)3;1-2/h5-8,11H,4,9-10H2,1-3H3;1-2H3. The number of rotatable bonds is 6. The van der Waals surface area contributed by atoms with Crippen LogP contribution in [0.2, 0.25) is 0 Å². The van der Waals surface area contributed by atoms with E-state index in [2.05, 4.69) is 0 Å². The molecule has 1 aromatic rings. The molecular formula is C17H26O2. The van der Waals surface area contributed by atoms with Crippen LogP contribution < -0.4 is 0 Å². The van der Waals surface area contributed by atoms with Crippen molar-refractivity contribution in [2.24, 2.45) is 5.92 Å². The molecule has 0 fully saturated rings. The first-order chi connectivity index (χ1) is 9.02. The van der Waals surface area contributed by atoms with Crippen LogP contribution >= 0.6 is 0 Å².